The molecule has 0 aliphatic heterocycles. The standard InChI is InChI=1S/C15H10N4/c1-2-7-13-11(5-1)12-6-3-8-16-14(12)19(13)15-17-9-4-10-18-15/h1-10H. The second kappa shape index (κ2) is 3.88. The van der Waals surface area contributed by atoms with E-state index in [1.165, 1.54) is 0 Å². The van der Waals surface area contributed by atoms with Crippen LogP contribution in [0.4, 0.5) is 0 Å². The van der Waals surface area contributed by atoms with E-state index >= 15 is 0 Å². The van der Waals surface area contributed by atoms with E-state index in [9.17, 15) is 0 Å². The summed E-state index contributed by atoms with van der Waals surface area (Å²) in [5, 5.41) is 2.28. The first-order valence-corrected chi connectivity index (χ1v) is 6.07. The summed E-state index contributed by atoms with van der Waals surface area (Å²) in [6.07, 6.45) is 5.28. The topological polar surface area (TPSA) is 43.6 Å². The molecule has 0 saturated carbocycles. The minimum absolute atomic E-state index is 0.646. The summed E-state index contributed by atoms with van der Waals surface area (Å²) < 4.78 is 1.99. The summed E-state index contributed by atoms with van der Waals surface area (Å²) in [5.74, 6) is 0.646. The highest BCUT2D eigenvalue weighted by atomic mass is 15.2. The molecule has 0 aliphatic rings. The fraction of sp³-hybridized carbons (Fsp3) is 0. The molecule has 4 rings (SSSR count). The lowest BCUT2D eigenvalue weighted by Gasteiger charge is -2.03. The molecule has 4 aromatic rings. The van der Waals surface area contributed by atoms with Crippen molar-refractivity contribution in [3.8, 4) is 5.95 Å². The number of pyridine rings is 1. The van der Waals surface area contributed by atoms with Crippen LogP contribution in [0.1, 0.15) is 0 Å². The second-order valence-electron chi connectivity index (χ2n) is 4.28. The molecule has 0 aliphatic carbocycles. The minimum atomic E-state index is 0.646. The van der Waals surface area contributed by atoms with Crippen molar-refractivity contribution < 1.29 is 0 Å². The number of nitrogens with zero attached hydrogens (tertiary/aromatic N) is 4. The number of rotatable bonds is 1. The first-order chi connectivity index (χ1) is 9.45. The van der Waals surface area contributed by atoms with Crippen LogP contribution in [0.15, 0.2) is 61.1 Å². The van der Waals surface area contributed by atoms with Gasteiger partial charge in [0.25, 0.3) is 0 Å². The molecular formula is C15H10N4. The molecule has 0 amide bonds. The second-order valence-corrected chi connectivity index (χ2v) is 4.28. The van der Waals surface area contributed by atoms with Gasteiger partial charge in [0.1, 0.15) is 5.65 Å². The zero-order chi connectivity index (χ0) is 12.7. The van der Waals surface area contributed by atoms with Crippen LogP contribution in [0.3, 0.4) is 0 Å². The summed E-state index contributed by atoms with van der Waals surface area (Å²) in [7, 11) is 0. The van der Waals surface area contributed by atoms with Crippen LogP contribution >= 0.6 is 0 Å². The van der Waals surface area contributed by atoms with Gasteiger partial charge in [-0.3, -0.25) is 4.57 Å². The highest BCUT2D eigenvalue weighted by Gasteiger charge is 2.13. The van der Waals surface area contributed by atoms with Crippen molar-refractivity contribution in [2.24, 2.45) is 0 Å². The average Bonchev–Trinajstić information content (AvgIpc) is 2.83. The molecule has 3 heterocycles. The van der Waals surface area contributed by atoms with E-state index in [0.717, 1.165) is 21.9 Å². The molecule has 19 heavy (non-hydrogen) atoms. The Hall–Kier alpha value is -2.75. The normalized spacial score (nSPS) is 11.2. The van der Waals surface area contributed by atoms with Crippen LogP contribution in [0.2, 0.25) is 0 Å². The Bertz CT molecular complexity index is 812. The Kier molecular flexibility index (Phi) is 2.08. The van der Waals surface area contributed by atoms with Gasteiger partial charge in [-0.1, -0.05) is 18.2 Å². The largest absolute Gasteiger partial charge is 0.262 e. The van der Waals surface area contributed by atoms with Crippen molar-refractivity contribution in [3.05, 3.63) is 61.1 Å². The molecule has 90 valence electrons. The number of fused-ring (bicyclic) bond motifs is 3. The molecule has 4 nitrogen and oxygen atoms in total. The van der Waals surface area contributed by atoms with Crippen LogP contribution in [-0.4, -0.2) is 19.5 Å². The van der Waals surface area contributed by atoms with Crippen molar-refractivity contribution in [1.29, 1.82) is 0 Å². The summed E-state index contributed by atoms with van der Waals surface area (Å²) in [4.78, 5) is 13.1. The highest BCUT2D eigenvalue weighted by molar-refractivity contribution is 6.07. The maximum atomic E-state index is 4.48. The zero-order valence-electron chi connectivity index (χ0n) is 10.1. The van der Waals surface area contributed by atoms with E-state index in [1.807, 2.05) is 28.8 Å². The van der Waals surface area contributed by atoms with Crippen LogP contribution < -0.4 is 0 Å². The fourth-order valence-electron chi connectivity index (χ4n) is 2.41. The van der Waals surface area contributed by atoms with Crippen molar-refractivity contribution in [1.82, 2.24) is 19.5 Å². The Balaban J connectivity index is 2.24. The van der Waals surface area contributed by atoms with Gasteiger partial charge in [0.05, 0.1) is 5.52 Å². The third kappa shape index (κ3) is 1.43. The van der Waals surface area contributed by atoms with Gasteiger partial charge in [-0.15, -0.1) is 0 Å². The SMILES string of the molecule is c1cnc(-n2c3ccccc3c3cccnc32)nc1. The van der Waals surface area contributed by atoms with Crippen molar-refractivity contribution >= 4 is 21.9 Å². The van der Waals surface area contributed by atoms with Crippen molar-refractivity contribution in [3.63, 3.8) is 0 Å². The minimum Gasteiger partial charge on any atom is -0.262 e. The number of hydrogen-bond acceptors (Lipinski definition) is 3. The lowest BCUT2D eigenvalue weighted by atomic mass is 10.2. The smallest absolute Gasteiger partial charge is 0.235 e. The molecule has 1 aromatic carbocycles. The molecule has 0 bridgehead atoms. The monoisotopic (exact) mass is 246 g/mol. The maximum absolute atomic E-state index is 4.48. The molecular weight excluding hydrogens is 236 g/mol. The van der Waals surface area contributed by atoms with E-state index in [4.69, 9.17) is 0 Å². The van der Waals surface area contributed by atoms with Crippen LogP contribution in [0.5, 0.6) is 0 Å². The van der Waals surface area contributed by atoms with E-state index in [0.29, 0.717) is 5.95 Å². The quantitative estimate of drug-likeness (QED) is 0.518. The fourth-order valence-corrected chi connectivity index (χ4v) is 2.41. The van der Waals surface area contributed by atoms with E-state index in [-0.39, 0.29) is 0 Å². The lowest BCUT2D eigenvalue weighted by molar-refractivity contribution is 0.975. The van der Waals surface area contributed by atoms with Crippen LogP contribution in [0, 0.1) is 0 Å². The van der Waals surface area contributed by atoms with Gasteiger partial charge in [0.15, 0.2) is 0 Å². The summed E-state index contributed by atoms with van der Waals surface area (Å²) >= 11 is 0. The Morgan fingerprint density at radius 2 is 1.42 bits per heavy atom. The predicted octanol–water partition coefficient (Wildman–Crippen LogP) is 2.97. The lowest BCUT2D eigenvalue weighted by Crippen LogP contribution is -2.00. The zero-order valence-corrected chi connectivity index (χ0v) is 10.1. The van der Waals surface area contributed by atoms with Gasteiger partial charge in [-0.05, 0) is 24.3 Å². The van der Waals surface area contributed by atoms with Gasteiger partial charge in [-0.2, -0.15) is 0 Å². The number of aromatic nitrogens is 4. The van der Waals surface area contributed by atoms with Crippen molar-refractivity contribution in [2.75, 3.05) is 0 Å². The molecule has 0 unspecified atom stereocenters. The summed E-state index contributed by atoms with van der Waals surface area (Å²) in [6, 6.07) is 14.0. The van der Waals surface area contributed by atoms with Gasteiger partial charge in [0, 0.05) is 29.4 Å². The van der Waals surface area contributed by atoms with Crippen LogP contribution in [-0.2, 0) is 0 Å². The van der Waals surface area contributed by atoms with Gasteiger partial charge < -0.3 is 0 Å². The van der Waals surface area contributed by atoms with E-state index in [2.05, 4.69) is 33.2 Å². The molecule has 0 fully saturated rings. The average molecular weight is 246 g/mol. The first-order valence-electron chi connectivity index (χ1n) is 6.07. The van der Waals surface area contributed by atoms with Crippen molar-refractivity contribution in [2.45, 2.75) is 0 Å². The molecule has 0 atom stereocenters. The highest BCUT2D eigenvalue weighted by Crippen LogP contribution is 2.28. The molecule has 4 heteroatoms. The predicted molar refractivity (Wildman–Crippen MR) is 74.2 cm³/mol. The third-order valence-electron chi connectivity index (χ3n) is 3.19. The number of benzene rings is 1. The number of hydrogen-bond donors (Lipinski definition) is 0. The molecule has 0 spiro atoms. The third-order valence-corrected chi connectivity index (χ3v) is 3.19. The molecule has 0 N–H and O–H groups in total. The number of para-hydroxylation sites is 1. The van der Waals surface area contributed by atoms with Gasteiger partial charge in [0.2, 0.25) is 5.95 Å². The van der Waals surface area contributed by atoms with Crippen LogP contribution in [0.25, 0.3) is 27.9 Å². The summed E-state index contributed by atoms with van der Waals surface area (Å²) in [5.41, 5.74) is 1.96. The first kappa shape index (κ1) is 10.2. The summed E-state index contributed by atoms with van der Waals surface area (Å²) in [6.45, 7) is 0. The van der Waals surface area contributed by atoms with E-state index in [1.54, 1.807) is 18.6 Å². The van der Waals surface area contributed by atoms with Gasteiger partial charge in [-0.25, -0.2) is 15.0 Å². The Morgan fingerprint density at radius 3 is 2.32 bits per heavy atom. The molecule has 0 saturated heterocycles. The van der Waals surface area contributed by atoms with Gasteiger partial charge >= 0.3 is 0 Å². The Morgan fingerprint density at radius 1 is 0.684 bits per heavy atom. The molecule has 3 aromatic heterocycles. The Labute approximate surface area is 109 Å². The molecule has 0 radical (unpaired) electrons. The van der Waals surface area contributed by atoms with E-state index < -0.39 is 0 Å². The maximum Gasteiger partial charge on any atom is 0.235 e.